The minimum absolute atomic E-state index is 0.298. The highest BCUT2D eigenvalue weighted by Crippen LogP contribution is 2.22. The van der Waals surface area contributed by atoms with Crippen LogP contribution in [0.1, 0.15) is 17.3 Å². The minimum Gasteiger partial charge on any atom is -0.481 e. The summed E-state index contributed by atoms with van der Waals surface area (Å²) < 4.78 is 44.6. The SMILES string of the molecule is CNC(Cc1cc(OC)ncn1)c1cc(F)c(F)c(F)c1. The first-order valence-electron chi connectivity index (χ1n) is 6.21. The quantitative estimate of drug-likeness (QED) is 0.861. The molecule has 7 heteroatoms. The standard InChI is InChI=1S/C14H14F3N3O/c1-18-12(5-9-6-13(21-2)20-7-19-9)8-3-10(15)14(17)11(16)4-8/h3-4,6-7,12,18H,5H2,1-2H3. The number of methoxy groups -OCH3 is 1. The zero-order valence-corrected chi connectivity index (χ0v) is 11.5. The lowest BCUT2D eigenvalue weighted by atomic mass is 10.0. The Morgan fingerprint density at radius 1 is 1.14 bits per heavy atom. The van der Waals surface area contributed by atoms with E-state index in [0.29, 0.717) is 23.6 Å². The number of ether oxygens (including phenoxy) is 1. The Balaban J connectivity index is 2.27. The van der Waals surface area contributed by atoms with E-state index in [1.165, 1.54) is 13.4 Å². The van der Waals surface area contributed by atoms with E-state index < -0.39 is 23.5 Å². The van der Waals surface area contributed by atoms with Gasteiger partial charge in [0.15, 0.2) is 17.5 Å². The van der Waals surface area contributed by atoms with E-state index in [-0.39, 0.29) is 0 Å². The maximum Gasteiger partial charge on any atom is 0.216 e. The van der Waals surface area contributed by atoms with Crippen LogP contribution in [-0.4, -0.2) is 24.1 Å². The molecule has 0 aliphatic heterocycles. The van der Waals surface area contributed by atoms with Gasteiger partial charge in [-0.15, -0.1) is 0 Å². The van der Waals surface area contributed by atoms with Gasteiger partial charge < -0.3 is 10.1 Å². The molecule has 0 saturated heterocycles. The first-order chi connectivity index (χ1) is 10.0. The lowest BCUT2D eigenvalue weighted by Crippen LogP contribution is -2.20. The number of hydrogen-bond acceptors (Lipinski definition) is 4. The highest BCUT2D eigenvalue weighted by molar-refractivity contribution is 5.25. The molecule has 1 N–H and O–H groups in total. The predicted molar refractivity (Wildman–Crippen MR) is 70.4 cm³/mol. The first kappa shape index (κ1) is 15.2. The highest BCUT2D eigenvalue weighted by atomic mass is 19.2. The number of halogens is 3. The van der Waals surface area contributed by atoms with Gasteiger partial charge >= 0.3 is 0 Å². The van der Waals surface area contributed by atoms with Gasteiger partial charge in [0.1, 0.15) is 6.33 Å². The van der Waals surface area contributed by atoms with Crippen molar-refractivity contribution < 1.29 is 17.9 Å². The van der Waals surface area contributed by atoms with E-state index >= 15 is 0 Å². The van der Waals surface area contributed by atoms with Crippen molar-refractivity contribution in [2.75, 3.05) is 14.2 Å². The Kier molecular flexibility index (Phi) is 4.74. The number of benzene rings is 1. The molecule has 2 rings (SSSR count). The number of likely N-dealkylation sites (N-methyl/N-ethyl adjacent to an activating group) is 1. The van der Waals surface area contributed by atoms with E-state index in [9.17, 15) is 13.2 Å². The molecule has 1 heterocycles. The molecular formula is C14H14F3N3O. The van der Waals surface area contributed by atoms with Crippen LogP contribution < -0.4 is 10.1 Å². The molecule has 1 unspecified atom stereocenters. The van der Waals surface area contributed by atoms with Crippen molar-refractivity contribution in [1.29, 1.82) is 0 Å². The molecule has 0 saturated carbocycles. The van der Waals surface area contributed by atoms with Gasteiger partial charge in [0.05, 0.1) is 7.11 Å². The van der Waals surface area contributed by atoms with Crippen LogP contribution in [-0.2, 0) is 6.42 Å². The fourth-order valence-electron chi connectivity index (χ4n) is 1.97. The summed E-state index contributed by atoms with van der Waals surface area (Å²) in [6.45, 7) is 0. The van der Waals surface area contributed by atoms with Crippen LogP contribution in [0.2, 0.25) is 0 Å². The van der Waals surface area contributed by atoms with Crippen LogP contribution in [0, 0.1) is 17.5 Å². The molecule has 0 spiro atoms. The summed E-state index contributed by atoms with van der Waals surface area (Å²) in [5.41, 5.74) is 0.929. The third-order valence-electron chi connectivity index (χ3n) is 3.08. The molecule has 112 valence electrons. The second kappa shape index (κ2) is 6.53. The van der Waals surface area contributed by atoms with Crippen molar-refractivity contribution in [3.8, 4) is 5.88 Å². The van der Waals surface area contributed by atoms with Crippen LogP contribution in [0.15, 0.2) is 24.5 Å². The summed E-state index contributed by atoms with van der Waals surface area (Å²) in [6, 6.07) is 3.14. The van der Waals surface area contributed by atoms with Crippen molar-refractivity contribution in [1.82, 2.24) is 15.3 Å². The van der Waals surface area contributed by atoms with Crippen molar-refractivity contribution in [2.45, 2.75) is 12.5 Å². The minimum atomic E-state index is -1.47. The molecule has 0 radical (unpaired) electrons. The van der Waals surface area contributed by atoms with E-state index in [1.54, 1.807) is 13.1 Å². The molecule has 1 aromatic carbocycles. The van der Waals surface area contributed by atoms with Crippen molar-refractivity contribution in [3.05, 3.63) is 53.2 Å². The maximum atomic E-state index is 13.3. The Morgan fingerprint density at radius 2 is 1.81 bits per heavy atom. The van der Waals surface area contributed by atoms with Crippen LogP contribution >= 0.6 is 0 Å². The van der Waals surface area contributed by atoms with Gasteiger partial charge in [-0.25, -0.2) is 23.1 Å². The lowest BCUT2D eigenvalue weighted by Gasteiger charge is -2.17. The third-order valence-corrected chi connectivity index (χ3v) is 3.08. The Morgan fingerprint density at radius 3 is 2.38 bits per heavy atom. The molecule has 0 fully saturated rings. The molecule has 0 aliphatic carbocycles. The molecular weight excluding hydrogens is 283 g/mol. The molecule has 1 aromatic heterocycles. The Hall–Kier alpha value is -2.15. The highest BCUT2D eigenvalue weighted by Gasteiger charge is 2.17. The maximum absolute atomic E-state index is 13.3. The van der Waals surface area contributed by atoms with Crippen LogP contribution in [0.5, 0.6) is 5.88 Å². The smallest absolute Gasteiger partial charge is 0.216 e. The molecule has 0 aliphatic rings. The second-order valence-corrected chi connectivity index (χ2v) is 4.40. The van der Waals surface area contributed by atoms with Crippen LogP contribution in [0.4, 0.5) is 13.2 Å². The molecule has 4 nitrogen and oxygen atoms in total. The number of nitrogens with one attached hydrogen (secondary N) is 1. The largest absolute Gasteiger partial charge is 0.481 e. The van der Waals surface area contributed by atoms with Crippen molar-refractivity contribution in [3.63, 3.8) is 0 Å². The normalized spacial score (nSPS) is 12.2. The van der Waals surface area contributed by atoms with Gasteiger partial charge in [0.25, 0.3) is 0 Å². The molecule has 21 heavy (non-hydrogen) atoms. The van der Waals surface area contributed by atoms with Crippen LogP contribution in [0.25, 0.3) is 0 Å². The summed E-state index contributed by atoms with van der Waals surface area (Å²) in [6.07, 6.45) is 1.69. The summed E-state index contributed by atoms with van der Waals surface area (Å²) in [7, 11) is 3.12. The number of hydrogen-bond donors (Lipinski definition) is 1. The predicted octanol–water partition coefficient (Wildman–Crippen LogP) is 2.41. The lowest BCUT2D eigenvalue weighted by molar-refractivity contribution is 0.395. The van der Waals surface area contributed by atoms with Gasteiger partial charge in [-0.2, -0.15) is 0 Å². The summed E-state index contributed by atoms with van der Waals surface area (Å²) >= 11 is 0. The Labute approximate surface area is 120 Å². The summed E-state index contributed by atoms with van der Waals surface area (Å²) in [5.74, 6) is -3.51. The number of nitrogens with zero attached hydrogens (tertiary/aromatic N) is 2. The fourth-order valence-corrected chi connectivity index (χ4v) is 1.97. The van der Waals surface area contributed by atoms with E-state index in [0.717, 1.165) is 12.1 Å². The average Bonchev–Trinajstić information content (AvgIpc) is 2.50. The second-order valence-electron chi connectivity index (χ2n) is 4.40. The van der Waals surface area contributed by atoms with Crippen LogP contribution in [0.3, 0.4) is 0 Å². The van der Waals surface area contributed by atoms with E-state index in [2.05, 4.69) is 15.3 Å². The topological polar surface area (TPSA) is 47.0 Å². The van der Waals surface area contributed by atoms with Gasteiger partial charge in [-0.05, 0) is 24.7 Å². The van der Waals surface area contributed by atoms with Gasteiger partial charge in [-0.1, -0.05) is 0 Å². The average molecular weight is 297 g/mol. The monoisotopic (exact) mass is 297 g/mol. The number of aromatic nitrogens is 2. The third kappa shape index (κ3) is 3.49. The van der Waals surface area contributed by atoms with Crippen molar-refractivity contribution in [2.24, 2.45) is 0 Å². The Bertz CT molecular complexity index is 614. The first-order valence-corrected chi connectivity index (χ1v) is 6.21. The van der Waals surface area contributed by atoms with E-state index in [1.807, 2.05) is 0 Å². The summed E-state index contributed by atoms with van der Waals surface area (Å²) in [4.78, 5) is 7.95. The molecule has 2 aromatic rings. The van der Waals surface area contributed by atoms with Crippen molar-refractivity contribution >= 4 is 0 Å². The molecule has 0 amide bonds. The van der Waals surface area contributed by atoms with Gasteiger partial charge in [0.2, 0.25) is 5.88 Å². The zero-order valence-electron chi connectivity index (χ0n) is 11.5. The zero-order chi connectivity index (χ0) is 15.4. The fraction of sp³-hybridized carbons (Fsp3) is 0.286. The number of rotatable bonds is 5. The van der Waals surface area contributed by atoms with Gasteiger partial charge in [0, 0.05) is 24.2 Å². The van der Waals surface area contributed by atoms with Gasteiger partial charge in [-0.3, -0.25) is 0 Å². The summed E-state index contributed by atoms with van der Waals surface area (Å²) in [5, 5.41) is 2.92. The molecule has 1 atom stereocenters. The molecule has 0 bridgehead atoms. The van der Waals surface area contributed by atoms with E-state index in [4.69, 9.17) is 4.74 Å².